The largest absolute Gasteiger partial charge is 0.309 e. The van der Waals surface area contributed by atoms with Crippen LogP contribution in [0, 0.1) is 0 Å². The maximum absolute atomic E-state index is 12.2. The van der Waals surface area contributed by atoms with Gasteiger partial charge in [0, 0.05) is 28.4 Å². The highest BCUT2D eigenvalue weighted by Gasteiger charge is 2.11. The molecule has 0 spiro atoms. The molecule has 0 saturated heterocycles. The highest BCUT2D eigenvalue weighted by atomic mass is 16.1. The van der Waals surface area contributed by atoms with Crippen molar-refractivity contribution < 1.29 is 4.79 Å². The van der Waals surface area contributed by atoms with Crippen LogP contribution in [0.3, 0.4) is 0 Å². The molecule has 0 atom stereocenters. The van der Waals surface area contributed by atoms with E-state index in [-0.39, 0.29) is 5.78 Å². The summed E-state index contributed by atoms with van der Waals surface area (Å²) in [5, 5.41) is 2.54. The second-order valence-electron chi connectivity index (χ2n) is 8.02. The Kier molecular flexibility index (Phi) is 5.13. The molecule has 4 aromatic carbocycles. The first-order valence-corrected chi connectivity index (χ1v) is 11.0. The van der Waals surface area contributed by atoms with Crippen molar-refractivity contribution in [3.05, 3.63) is 103 Å². The minimum Gasteiger partial charge on any atom is -0.309 e. The summed E-state index contributed by atoms with van der Waals surface area (Å²) in [6.07, 6.45) is 2.62. The van der Waals surface area contributed by atoms with Gasteiger partial charge >= 0.3 is 0 Å². The summed E-state index contributed by atoms with van der Waals surface area (Å²) in [7, 11) is 0. The molecule has 2 heteroatoms. The molecule has 0 unspecified atom stereocenters. The molecule has 0 amide bonds. The quantitative estimate of drug-likeness (QED) is 0.265. The Labute approximate surface area is 182 Å². The molecule has 0 aliphatic carbocycles. The van der Waals surface area contributed by atoms with Crippen molar-refractivity contribution >= 4 is 27.6 Å². The number of unbranched alkanes of at least 4 members (excludes halogenated alkanes) is 1. The lowest BCUT2D eigenvalue weighted by Gasteiger charge is -2.10. The monoisotopic (exact) mass is 403 g/mol. The van der Waals surface area contributed by atoms with Crippen LogP contribution in [0.1, 0.15) is 36.5 Å². The van der Waals surface area contributed by atoms with E-state index in [1.807, 2.05) is 12.1 Å². The number of rotatable bonds is 6. The second kappa shape index (κ2) is 8.23. The van der Waals surface area contributed by atoms with Crippen LogP contribution in [0.5, 0.6) is 0 Å². The SMILES string of the molecule is CCCCC(=O)c1ccc(-c2ccc(-n3c4ccccc4c4ccccc43)cc2)cc1. The van der Waals surface area contributed by atoms with E-state index < -0.39 is 0 Å². The van der Waals surface area contributed by atoms with E-state index in [9.17, 15) is 4.79 Å². The van der Waals surface area contributed by atoms with E-state index in [2.05, 4.69) is 96.4 Å². The van der Waals surface area contributed by atoms with Crippen LogP contribution >= 0.6 is 0 Å². The fourth-order valence-corrected chi connectivity index (χ4v) is 4.33. The fraction of sp³-hybridized carbons (Fsp3) is 0.138. The Bertz CT molecular complexity index is 1300. The van der Waals surface area contributed by atoms with Crippen molar-refractivity contribution in [3.8, 4) is 16.8 Å². The molecule has 0 radical (unpaired) electrons. The van der Waals surface area contributed by atoms with Gasteiger partial charge in [0.2, 0.25) is 0 Å². The van der Waals surface area contributed by atoms with Crippen molar-refractivity contribution in [3.63, 3.8) is 0 Å². The highest BCUT2D eigenvalue weighted by molar-refractivity contribution is 6.09. The van der Waals surface area contributed by atoms with Crippen LogP contribution in [-0.4, -0.2) is 10.4 Å². The van der Waals surface area contributed by atoms with Gasteiger partial charge in [0.15, 0.2) is 5.78 Å². The Morgan fingerprint density at radius 1 is 0.677 bits per heavy atom. The average Bonchev–Trinajstić information content (AvgIpc) is 3.17. The lowest BCUT2D eigenvalue weighted by molar-refractivity contribution is 0.0980. The molecule has 0 fully saturated rings. The summed E-state index contributed by atoms with van der Waals surface area (Å²) in [6, 6.07) is 33.8. The normalized spacial score (nSPS) is 11.3. The van der Waals surface area contributed by atoms with Gasteiger partial charge in [-0.3, -0.25) is 4.79 Å². The number of aromatic nitrogens is 1. The Morgan fingerprint density at radius 2 is 1.19 bits per heavy atom. The molecule has 2 nitrogen and oxygen atoms in total. The zero-order valence-electron chi connectivity index (χ0n) is 17.7. The van der Waals surface area contributed by atoms with Crippen molar-refractivity contribution in [2.45, 2.75) is 26.2 Å². The average molecular weight is 404 g/mol. The first kappa shape index (κ1) is 19.3. The highest BCUT2D eigenvalue weighted by Crippen LogP contribution is 2.32. The number of benzene rings is 4. The minimum absolute atomic E-state index is 0.232. The number of nitrogens with zero attached hydrogens (tertiary/aromatic N) is 1. The topological polar surface area (TPSA) is 22.0 Å². The maximum atomic E-state index is 12.2. The smallest absolute Gasteiger partial charge is 0.162 e. The van der Waals surface area contributed by atoms with Gasteiger partial charge in [-0.05, 0) is 41.8 Å². The van der Waals surface area contributed by atoms with E-state index in [1.54, 1.807) is 0 Å². The van der Waals surface area contributed by atoms with Gasteiger partial charge in [-0.1, -0.05) is 86.1 Å². The van der Waals surface area contributed by atoms with Crippen molar-refractivity contribution in [2.75, 3.05) is 0 Å². The lowest BCUT2D eigenvalue weighted by Crippen LogP contribution is -1.98. The predicted octanol–water partition coefficient (Wildman–Crippen LogP) is 7.82. The number of fused-ring (bicyclic) bond motifs is 3. The summed E-state index contributed by atoms with van der Waals surface area (Å²) in [6.45, 7) is 2.11. The van der Waals surface area contributed by atoms with Gasteiger partial charge in [0.25, 0.3) is 0 Å². The molecule has 0 bridgehead atoms. The fourth-order valence-electron chi connectivity index (χ4n) is 4.33. The molecule has 5 aromatic rings. The van der Waals surface area contributed by atoms with Gasteiger partial charge in [0.05, 0.1) is 11.0 Å². The van der Waals surface area contributed by atoms with E-state index in [0.29, 0.717) is 6.42 Å². The molecule has 0 aliphatic rings. The van der Waals surface area contributed by atoms with Crippen molar-refractivity contribution in [1.82, 2.24) is 4.57 Å². The molecular formula is C29H25NO. The summed E-state index contributed by atoms with van der Waals surface area (Å²) < 4.78 is 2.32. The van der Waals surface area contributed by atoms with E-state index in [4.69, 9.17) is 0 Å². The van der Waals surface area contributed by atoms with Gasteiger partial charge < -0.3 is 4.57 Å². The molecule has 0 N–H and O–H groups in total. The van der Waals surface area contributed by atoms with Gasteiger partial charge in [-0.25, -0.2) is 0 Å². The molecule has 5 rings (SSSR count). The maximum Gasteiger partial charge on any atom is 0.162 e. The van der Waals surface area contributed by atoms with Crippen LogP contribution in [0.2, 0.25) is 0 Å². The first-order chi connectivity index (χ1) is 15.3. The van der Waals surface area contributed by atoms with Gasteiger partial charge in [-0.2, -0.15) is 0 Å². The number of carbonyl (C=O) groups excluding carboxylic acids is 1. The van der Waals surface area contributed by atoms with Gasteiger partial charge in [0.1, 0.15) is 0 Å². The summed E-state index contributed by atoms with van der Waals surface area (Å²) >= 11 is 0. The van der Waals surface area contributed by atoms with E-state index in [0.717, 1.165) is 35.2 Å². The number of para-hydroxylation sites is 2. The minimum atomic E-state index is 0.232. The van der Waals surface area contributed by atoms with Gasteiger partial charge in [-0.15, -0.1) is 0 Å². The molecule has 31 heavy (non-hydrogen) atoms. The number of carbonyl (C=O) groups is 1. The van der Waals surface area contributed by atoms with Crippen LogP contribution in [-0.2, 0) is 0 Å². The van der Waals surface area contributed by atoms with Crippen LogP contribution in [0.4, 0.5) is 0 Å². The summed E-state index contributed by atoms with van der Waals surface area (Å²) in [5.41, 5.74) is 6.65. The number of hydrogen-bond donors (Lipinski definition) is 0. The third kappa shape index (κ3) is 3.55. The Morgan fingerprint density at radius 3 is 1.74 bits per heavy atom. The Balaban J connectivity index is 1.49. The lowest BCUT2D eigenvalue weighted by atomic mass is 10.0. The summed E-state index contributed by atoms with van der Waals surface area (Å²) in [5.74, 6) is 0.232. The van der Waals surface area contributed by atoms with Crippen LogP contribution in [0.25, 0.3) is 38.6 Å². The van der Waals surface area contributed by atoms with Crippen LogP contribution < -0.4 is 0 Å². The number of ketones is 1. The molecule has 1 aromatic heterocycles. The van der Waals surface area contributed by atoms with E-state index >= 15 is 0 Å². The molecule has 1 heterocycles. The van der Waals surface area contributed by atoms with E-state index in [1.165, 1.54) is 21.8 Å². The summed E-state index contributed by atoms with van der Waals surface area (Å²) in [4.78, 5) is 12.2. The van der Waals surface area contributed by atoms with Crippen molar-refractivity contribution in [1.29, 1.82) is 0 Å². The third-order valence-corrected chi connectivity index (χ3v) is 6.00. The molecule has 0 saturated carbocycles. The molecular weight excluding hydrogens is 378 g/mol. The zero-order chi connectivity index (χ0) is 21.2. The van der Waals surface area contributed by atoms with Crippen LogP contribution in [0.15, 0.2) is 97.1 Å². The molecule has 152 valence electrons. The third-order valence-electron chi connectivity index (χ3n) is 6.00. The predicted molar refractivity (Wildman–Crippen MR) is 130 cm³/mol. The van der Waals surface area contributed by atoms with Crippen molar-refractivity contribution in [2.24, 2.45) is 0 Å². The number of Topliss-reactive ketones (excluding diaryl/α,β-unsaturated/α-hetero) is 1. The molecule has 0 aliphatic heterocycles. The number of hydrogen-bond acceptors (Lipinski definition) is 1. The first-order valence-electron chi connectivity index (χ1n) is 11.0. The standard InChI is InChI=1S/C29H25NO/c1-2-3-12-29(31)23-15-13-21(14-16-23)22-17-19-24(20-18-22)30-27-10-6-4-8-25(27)26-9-5-7-11-28(26)30/h4-11,13-20H,2-3,12H2,1H3. The second-order valence-corrected chi connectivity index (χ2v) is 8.02. The zero-order valence-corrected chi connectivity index (χ0v) is 17.7. The Hall–Kier alpha value is -3.65.